The summed E-state index contributed by atoms with van der Waals surface area (Å²) in [6.45, 7) is 8.73. The van der Waals surface area contributed by atoms with Crippen molar-refractivity contribution in [1.82, 2.24) is 10.1 Å². The summed E-state index contributed by atoms with van der Waals surface area (Å²) in [6, 6.07) is 0.0848. The molecule has 0 bridgehead atoms. The topological polar surface area (TPSA) is 64.9 Å². The highest BCUT2D eigenvalue weighted by molar-refractivity contribution is 7.98. The standard InChI is InChI=1S/C13H25N3OS/c1-5-6-18-9-11-15-12(17-16-11)7-10(14)8-13(2,3)4/h10H,5-9,14H2,1-4H3. The second kappa shape index (κ2) is 7.14. The Balaban J connectivity index is 2.38. The lowest BCUT2D eigenvalue weighted by Crippen LogP contribution is -2.28. The van der Waals surface area contributed by atoms with Gasteiger partial charge in [0.15, 0.2) is 5.82 Å². The summed E-state index contributed by atoms with van der Waals surface area (Å²) in [5, 5.41) is 3.98. The van der Waals surface area contributed by atoms with Crippen molar-refractivity contribution in [2.45, 2.75) is 58.8 Å². The molecule has 1 atom stereocenters. The van der Waals surface area contributed by atoms with Gasteiger partial charge in [0.1, 0.15) is 0 Å². The smallest absolute Gasteiger partial charge is 0.228 e. The van der Waals surface area contributed by atoms with Crippen molar-refractivity contribution < 1.29 is 4.52 Å². The van der Waals surface area contributed by atoms with Crippen molar-refractivity contribution in [2.24, 2.45) is 11.1 Å². The molecule has 1 aromatic rings. The van der Waals surface area contributed by atoms with Crippen LogP contribution in [0.15, 0.2) is 4.52 Å². The maximum Gasteiger partial charge on any atom is 0.228 e. The molecule has 0 spiro atoms. The zero-order chi connectivity index (χ0) is 13.6. The molecule has 4 nitrogen and oxygen atoms in total. The molecule has 0 saturated heterocycles. The van der Waals surface area contributed by atoms with Gasteiger partial charge >= 0.3 is 0 Å². The van der Waals surface area contributed by atoms with Gasteiger partial charge < -0.3 is 10.3 Å². The van der Waals surface area contributed by atoms with Crippen molar-refractivity contribution >= 4 is 11.8 Å². The molecular formula is C13H25N3OS. The van der Waals surface area contributed by atoms with Crippen molar-refractivity contribution in [3.05, 3.63) is 11.7 Å². The lowest BCUT2D eigenvalue weighted by molar-refractivity contribution is 0.312. The maximum absolute atomic E-state index is 6.09. The second-order valence-electron chi connectivity index (χ2n) is 5.89. The second-order valence-corrected chi connectivity index (χ2v) is 6.99. The van der Waals surface area contributed by atoms with E-state index in [0.29, 0.717) is 12.3 Å². The van der Waals surface area contributed by atoms with E-state index in [1.807, 2.05) is 11.8 Å². The van der Waals surface area contributed by atoms with Crippen LogP contribution in [-0.2, 0) is 12.2 Å². The SMILES string of the molecule is CCCSCc1noc(CC(N)CC(C)(C)C)n1. The summed E-state index contributed by atoms with van der Waals surface area (Å²) < 4.78 is 5.23. The van der Waals surface area contributed by atoms with Gasteiger partial charge in [-0.25, -0.2) is 0 Å². The van der Waals surface area contributed by atoms with Gasteiger partial charge in [0.05, 0.1) is 5.75 Å². The van der Waals surface area contributed by atoms with Gasteiger partial charge in [-0.1, -0.05) is 32.9 Å². The highest BCUT2D eigenvalue weighted by Gasteiger charge is 2.18. The lowest BCUT2D eigenvalue weighted by Gasteiger charge is -2.21. The molecule has 0 aliphatic heterocycles. The first-order valence-electron chi connectivity index (χ1n) is 6.55. The number of hydrogen-bond donors (Lipinski definition) is 1. The molecule has 1 unspecified atom stereocenters. The van der Waals surface area contributed by atoms with E-state index in [0.717, 1.165) is 23.8 Å². The summed E-state index contributed by atoms with van der Waals surface area (Å²) >= 11 is 1.83. The molecule has 18 heavy (non-hydrogen) atoms. The van der Waals surface area contributed by atoms with Gasteiger partial charge in [0.25, 0.3) is 0 Å². The quantitative estimate of drug-likeness (QED) is 0.772. The molecule has 0 aromatic carbocycles. The minimum atomic E-state index is 0.0848. The third kappa shape index (κ3) is 6.40. The average Bonchev–Trinajstić information content (AvgIpc) is 2.63. The van der Waals surface area contributed by atoms with Crippen LogP contribution in [0.4, 0.5) is 0 Å². The van der Waals surface area contributed by atoms with Crippen LogP contribution in [0.5, 0.6) is 0 Å². The normalized spacial score (nSPS) is 13.8. The summed E-state index contributed by atoms with van der Waals surface area (Å²) in [5.74, 6) is 3.41. The van der Waals surface area contributed by atoms with Crippen LogP contribution in [0, 0.1) is 5.41 Å². The molecule has 0 aliphatic carbocycles. The fraction of sp³-hybridized carbons (Fsp3) is 0.846. The minimum absolute atomic E-state index is 0.0848. The van der Waals surface area contributed by atoms with Crippen LogP contribution in [0.2, 0.25) is 0 Å². The molecule has 104 valence electrons. The van der Waals surface area contributed by atoms with Crippen LogP contribution >= 0.6 is 11.8 Å². The van der Waals surface area contributed by atoms with Crippen molar-refractivity contribution in [2.75, 3.05) is 5.75 Å². The first kappa shape index (κ1) is 15.5. The molecule has 1 aromatic heterocycles. The molecule has 2 N–H and O–H groups in total. The first-order valence-corrected chi connectivity index (χ1v) is 7.71. The Bertz CT molecular complexity index is 346. The molecular weight excluding hydrogens is 246 g/mol. The molecule has 0 saturated carbocycles. The number of nitrogens with two attached hydrogens (primary N) is 1. The van der Waals surface area contributed by atoms with E-state index in [1.165, 1.54) is 6.42 Å². The van der Waals surface area contributed by atoms with E-state index in [9.17, 15) is 0 Å². The van der Waals surface area contributed by atoms with E-state index in [1.54, 1.807) is 0 Å². The monoisotopic (exact) mass is 271 g/mol. The summed E-state index contributed by atoms with van der Waals surface area (Å²) in [4.78, 5) is 4.37. The van der Waals surface area contributed by atoms with Gasteiger partial charge in [-0.05, 0) is 24.0 Å². The molecule has 1 rings (SSSR count). The molecule has 0 aliphatic rings. The van der Waals surface area contributed by atoms with E-state index in [4.69, 9.17) is 10.3 Å². The van der Waals surface area contributed by atoms with Crippen LogP contribution in [0.3, 0.4) is 0 Å². The van der Waals surface area contributed by atoms with Gasteiger partial charge in [-0.3, -0.25) is 0 Å². The highest BCUT2D eigenvalue weighted by Crippen LogP contribution is 2.21. The largest absolute Gasteiger partial charge is 0.339 e. The van der Waals surface area contributed by atoms with Gasteiger partial charge in [0.2, 0.25) is 5.89 Å². The molecule has 0 amide bonds. The summed E-state index contributed by atoms with van der Waals surface area (Å²) in [5.41, 5.74) is 6.33. The Kier molecular flexibility index (Phi) is 6.15. The van der Waals surface area contributed by atoms with E-state index in [-0.39, 0.29) is 11.5 Å². The van der Waals surface area contributed by atoms with Crippen molar-refractivity contribution in [3.8, 4) is 0 Å². The Labute approximate surface area is 114 Å². The predicted molar refractivity (Wildman–Crippen MR) is 76.5 cm³/mol. The Morgan fingerprint density at radius 2 is 2.11 bits per heavy atom. The van der Waals surface area contributed by atoms with Crippen LogP contribution in [-0.4, -0.2) is 21.9 Å². The highest BCUT2D eigenvalue weighted by atomic mass is 32.2. The Hall–Kier alpha value is -0.550. The number of nitrogens with zero attached hydrogens (tertiary/aromatic N) is 2. The average molecular weight is 271 g/mol. The van der Waals surface area contributed by atoms with E-state index < -0.39 is 0 Å². The molecule has 0 fully saturated rings. The third-order valence-corrected chi connectivity index (χ3v) is 3.56. The number of rotatable bonds is 7. The zero-order valence-corrected chi connectivity index (χ0v) is 12.7. The van der Waals surface area contributed by atoms with Crippen LogP contribution in [0.1, 0.15) is 52.3 Å². The van der Waals surface area contributed by atoms with Crippen molar-refractivity contribution in [3.63, 3.8) is 0 Å². The molecule has 0 radical (unpaired) electrons. The van der Waals surface area contributed by atoms with Crippen LogP contribution in [0.25, 0.3) is 0 Å². The molecule has 5 heteroatoms. The third-order valence-electron chi connectivity index (χ3n) is 2.40. The summed E-state index contributed by atoms with van der Waals surface area (Å²) in [7, 11) is 0. The number of thioether (sulfide) groups is 1. The maximum atomic E-state index is 6.09. The number of hydrogen-bond acceptors (Lipinski definition) is 5. The summed E-state index contributed by atoms with van der Waals surface area (Å²) in [6.07, 6.45) is 2.80. The van der Waals surface area contributed by atoms with Gasteiger partial charge in [-0.2, -0.15) is 16.7 Å². The first-order chi connectivity index (χ1) is 8.40. The Morgan fingerprint density at radius 1 is 1.39 bits per heavy atom. The fourth-order valence-corrected chi connectivity index (χ4v) is 2.56. The van der Waals surface area contributed by atoms with E-state index in [2.05, 4.69) is 37.8 Å². The van der Waals surface area contributed by atoms with E-state index >= 15 is 0 Å². The Morgan fingerprint density at radius 3 is 2.72 bits per heavy atom. The predicted octanol–water partition coefficient (Wildman–Crippen LogP) is 3.02. The minimum Gasteiger partial charge on any atom is -0.339 e. The lowest BCUT2D eigenvalue weighted by atomic mass is 9.87. The molecule has 1 heterocycles. The van der Waals surface area contributed by atoms with Crippen molar-refractivity contribution in [1.29, 1.82) is 0 Å². The van der Waals surface area contributed by atoms with Gasteiger partial charge in [0, 0.05) is 12.5 Å². The zero-order valence-electron chi connectivity index (χ0n) is 11.9. The number of aromatic nitrogens is 2. The van der Waals surface area contributed by atoms with Gasteiger partial charge in [-0.15, -0.1) is 0 Å². The van der Waals surface area contributed by atoms with Crippen LogP contribution < -0.4 is 5.73 Å². The fourth-order valence-electron chi connectivity index (χ4n) is 1.82.